The molecule has 2 unspecified atom stereocenters. The minimum absolute atomic E-state index is 0.00631. The quantitative estimate of drug-likeness (QED) is 0.879. The molecule has 1 amide bonds. The van der Waals surface area contributed by atoms with E-state index in [1.54, 1.807) is 0 Å². The largest absolute Gasteiger partial charge is 0.389 e. The predicted octanol–water partition coefficient (Wildman–Crippen LogP) is 1.63. The van der Waals surface area contributed by atoms with Crippen molar-refractivity contribution in [1.29, 1.82) is 0 Å². The molecule has 1 aromatic rings. The average molecular weight is 276 g/mol. The molecule has 0 bridgehead atoms. The first kappa shape index (κ1) is 15.0. The van der Waals surface area contributed by atoms with Crippen LogP contribution in [0.4, 0.5) is 0 Å². The van der Waals surface area contributed by atoms with Gasteiger partial charge in [-0.3, -0.25) is 9.69 Å². The third-order valence-corrected chi connectivity index (χ3v) is 3.93. The van der Waals surface area contributed by atoms with Gasteiger partial charge in [0.05, 0.1) is 18.2 Å². The summed E-state index contributed by atoms with van der Waals surface area (Å²) in [6.45, 7) is 7.57. The van der Waals surface area contributed by atoms with Crippen molar-refractivity contribution in [3.63, 3.8) is 0 Å². The summed E-state index contributed by atoms with van der Waals surface area (Å²) in [5, 5.41) is 12.9. The van der Waals surface area contributed by atoms with Gasteiger partial charge in [0.25, 0.3) is 0 Å². The highest BCUT2D eigenvalue weighted by atomic mass is 16.3. The van der Waals surface area contributed by atoms with E-state index in [0.29, 0.717) is 13.1 Å². The maximum atomic E-state index is 12.1. The highest BCUT2D eigenvalue weighted by Gasteiger charge is 2.32. The van der Waals surface area contributed by atoms with Crippen molar-refractivity contribution in [2.45, 2.75) is 38.8 Å². The number of β-amino-alcohol motifs (C(OH)–C–C–N with tert-alkyl or cyclic N) is 1. The Hall–Kier alpha value is -1.39. The number of likely N-dealkylation sites (tertiary alicyclic amines) is 1. The SMILES string of the molecule is Cc1ccccc1C(C)NC(=O)CN1CCC(C)(O)C1. The Balaban J connectivity index is 1.87. The van der Waals surface area contributed by atoms with E-state index in [0.717, 1.165) is 18.5 Å². The van der Waals surface area contributed by atoms with Gasteiger partial charge in [-0.2, -0.15) is 0 Å². The second-order valence-corrected chi connectivity index (χ2v) is 6.10. The minimum Gasteiger partial charge on any atom is -0.389 e. The van der Waals surface area contributed by atoms with Crippen LogP contribution in [-0.2, 0) is 4.79 Å². The van der Waals surface area contributed by atoms with Crippen LogP contribution in [0.25, 0.3) is 0 Å². The van der Waals surface area contributed by atoms with Crippen LogP contribution in [0.3, 0.4) is 0 Å². The van der Waals surface area contributed by atoms with Crippen LogP contribution in [-0.4, -0.2) is 41.1 Å². The van der Waals surface area contributed by atoms with Crippen molar-refractivity contribution in [3.8, 4) is 0 Å². The van der Waals surface area contributed by atoms with Crippen molar-refractivity contribution in [1.82, 2.24) is 10.2 Å². The Bertz CT molecular complexity index is 485. The summed E-state index contributed by atoms with van der Waals surface area (Å²) in [5.74, 6) is 0.0125. The van der Waals surface area contributed by atoms with E-state index in [4.69, 9.17) is 0 Å². The molecule has 1 aliphatic heterocycles. The van der Waals surface area contributed by atoms with E-state index in [-0.39, 0.29) is 11.9 Å². The predicted molar refractivity (Wildman–Crippen MR) is 79.4 cm³/mol. The fraction of sp³-hybridized carbons (Fsp3) is 0.562. The number of benzene rings is 1. The second-order valence-electron chi connectivity index (χ2n) is 6.10. The summed E-state index contributed by atoms with van der Waals surface area (Å²) in [6, 6.07) is 8.09. The molecule has 2 N–H and O–H groups in total. The molecule has 110 valence electrons. The van der Waals surface area contributed by atoms with Crippen LogP contribution in [0.5, 0.6) is 0 Å². The standard InChI is InChI=1S/C16H24N2O2/c1-12-6-4-5-7-14(12)13(2)17-15(19)10-18-9-8-16(3,20)11-18/h4-7,13,20H,8-11H2,1-3H3,(H,17,19). The van der Waals surface area contributed by atoms with Gasteiger partial charge in [0.15, 0.2) is 0 Å². The zero-order valence-corrected chi connectivity index (χ0v) is 12.5. The molecular weight excluding hydrogens is 252 g/mol. The minimum atomic E-state index is -0.651. The number of rotatable bonds is 4. The normalized spacial score (nSPS) is 24.6. The smallest absolute Gasteiger partial charge is 0.234 e. The summed E-state index contributed by atoms with van der Waals surface area (Å²) in [6.07, 6.45) is 0.730. The van der Waals surface area contributed by atoms with Gasteiger partial charge < -0.3 is 10.4 Å². The lowest BCUT2D eigenvalue weighted by Crippen LogP contribution is -2.39. The van der Waals surface area contributed by atoms with Crippen LogP contribution in [0.2, 0.25) is 0 Å². The number of hydrogen-bond donors (Lipinski definition) is 2. The van der Waals surface area contributed by atoms with E-state index in [1.165, 1.54) is 5.56 Å². The molecule has 0 aliphatic carbocycles. The fourth-order valence-electron chi connectivity index (χ4n) is 2.81. The van der Waals surface area contributed by atoms with Gasteiger partial charge in [-0.05, 0) is 38.3 Å². The third kappa shape index (κ3) is 3.81. The highest BCUT2D eigenvalue weighted by molar-refractivity contribution is 5.78. The van der Waals surface area contributed by atoms with Crippen LogP contribution < -0.4 is 5.32 Å². The molecule has 4 heteroatoms. The van der Waals surface area contributed by atoms with Crippen LogP contribution in [0.1, 0.15) is 37.4 Å². The van der Waals surface area contributed by atoms with E-state index >= 15 is 0 Å². The number of nitrogens with zero attached hydrogens (tertiary/aromatic N) is 1. The third-order valence-electron chi connectivity index (χ3n) is 3.93. The molecule has 0 saturated carbocycles. The fourth-order valence-corrected chi connectivity index (χ4v) is 2.81. The molecule has 1 fully saturated rings. The summed E-state index contributed by atoms with van der Waals surface area (Å²) in [5.41, 5.74) is 1.68. The molecule has 2 atom stereocenters. The van der Waals surface area contributed by atoms with Gasteiger partial charge in [-0.15, -0.1) is 0 Å². The molecule has 0 radical (unpaired) electrons. The van der Waals surface area contributed by atoms with Gasteiger partial charge in [0, 0.05) is 13.1 Å². The number of nitrogens with one attached hydrogen (secondary N) is 1. The Morgan fingerprint density at radius 2 is 2.20 bits per heavy atom. The molecule has 1 saturated heterocycles. The Morgan fingerprint density at radius 1 is 1.50 bits per heavy atom. The van der Waals surface area contributed by atoms with E-state index in [9.17, 15) is 9.90 Å². The van der Waals surface area contributed by atoms with Gasteiger partial charge in [-0.1, -0.05) is 24.3 Å². The number of carbonyl (C=O) groups is 1. The van der Waals surface area contributed by atoms with Gasteiger partial charge in [0.2, 0.25) is 5.91 Å². The molecule has 1 aliphatic rings. The lowest BCUT2D eigenvalue weighted by Gasteiger charge is -2.21. The monoisotopic (exact) mass is 276 g/mol. The Labute approximate surface area is 120 Å². The summed E-state index contributed by atoms with van der Waals surface area (Å²) < 4.78 is 0. The number of carbonyl (C=O) groups excluding carboxylic acids is 1. The molecule has 4 nitrogen and oxygen atoms in total. The zero-order chi connectivity index (χ0) is 14.8. The Morgan fingerprint density at radius 3 is 2.80 bits per heavy atom. The lowest BCUT2D eigenvalue weighted by atomic mass is 10.0. The Kier molecular flexibility index (Phi) is 4.45. The van der Waals surface area contributed by atoms with Crippen molar-refractivity contribution in [2.75, 3.05) is 19.6 Å². The summed E-state index contributed by atoms with van der Waals surface area (Å²) >= 11 is 0. The average Bonchev–Trinajstić information content (AvgIpc) is 2.68. The summed E-state index contributed by atoms with van der Waals surface area (Å²) in [7, 11) is 0. The molecule has 0 aromatic heterocycles. The van der Waals surface area contributed by atoms with Crippen molar-refractivity contribution in [2.24, 2.45) is 0 Å². The van der Waals surface area contributed by atoms with E-state index < -0.39 is 5.60 Å². The van der Waals surface area contributed by atoms with Crippen molar-refractivity contribution >= 4 is 5.91 Å². The zero-order valence-electron chi connectivity index (χ0n) is 12.5. The first-order valence-corrected chi connectivity index (χ1v) is 7.17. The van der Waals surface area contributed by atoms with E-state index in [1.807, 2.05) is 36.9 Å². The number of aryl methyl sites for hydroxylation is 1. The van der Waals surface area contributed by atoms with Gasteiger partial charge in [-0.25, -0.2) is 0 Å². The molecule has 0 spiro atoms. The molecule has 1 aromatic carbocycles. The van der Waals surface area contributed by atoms with Crippen LogP contribution in [0, 0.1) is 6.92 Å². The maximum absolute atomic E-state index is 12.1. The molecule has 2 rings (SSSR count). The topological polar surface area (TPSA) is 52.6 Å². The van der Waals surface area contributed by atoms with Crippen molar-refractivity contribution in [3.05, 3.63) is 35.4 Å². The first-order chi connectivity index (χ1) is 9.37. The van der Waals surface area contributed by atoms with E-state index in [2.05, 4.69) is 18.3 Å². The summed E-state index contributed by atoms with van der Waals surface area (Å²) in [4.78, 5) is 14.1. The highest BCUT2D eigenvalue weighted by Crippen LogP contribution is 2.20. The number of amides is 1. The molecular formula is C16H24N2O2. The second kappa shape index (κ2) is 5.94. The number of aliphatic hydroxyl groups is 1. The number of hydrogen-bond acceptors (Lipinski definition) is 3. The first-order valence-electron chi connectivity index (χ1n) is 7.17. The van der Waals surface area contributed by atoms with Crippen LogP contribution >= 0.6 is 0 Å². The molecule has 1 heterocycles. The molecule has 20 heavy (non-hydrogen) atoms. The van der Waals surface area contributed by atoms with Crippen LogP contribution in [0.15, 0.2) is 24.3 Å². The van der Waals surface area contributed by atoms with Crippen molar-refractivity contribution < 1.29 is 9.90 Å². The maximum Gasteiger partial charge on any atom is 0.234 e. The van der Waals surface area contributed by atoms with Gasteiger partial charge >= 0.3 is 0 Å². The van der Waals surface area contributed by atoms with Gasteiger partial charge in [0.1, 0.15) is 0 Å². The lowest BCUT2D eigenvalue weighted by molar-refractivity contribution is -0.122.